The van der Waals surface area contributed by atoms with E-state index in [1.807, 2.05) is 6.92 Å². The molecule has 0 spiro atoms. The maximum Gasteiger partial charge on any atom is 0.278 e. The lowest BCUT2D eigenvalue weighted by atomic mass is 10.1. The molecule has 1 aromatic rings. The largest absolute Gasteiger partial charge is 0.507 e. The summed E-state index contributed by atoms with van der Waals surface area (Å²) in [6.45, 7) is 2.50. The molecule has 1 heterocycles. The van der Waals surface area contributed by atoms with E-state index in [0.29, 0.717) is 6.61 Å². The highest BCUT2D eigenvalue weighted by Crippen LogP contribution is 2.18. The first-order valence-electron chi connectivity index (χ1n) is 6.04. The number of carbonyl (C=O) groups excluding carboxylic acids is 1. The highest BCUT2D eigenvalue weighted by molar-refractivity contribution is 5.96. The predicted octanol–water partition coefficient (Wildman–Crippen LogP) is 1.89. The second kappa shape index (κ2) is 5.84. The molecule has 1 saturated heterocycles. The summed E-state index contributed by atoms with van der Waals surface area (Å²) in [4.78, 5) is 17.0. The smallest absolute Gasteiger partial charge is 0.278 e. The molecule has 0 saturated carbocycles. The number of phenolic OH excluding ortho intramolecular Hbond substituents is 1. The number of rotatable bonds is 3. The Balaban J connectivity index is 1.92. The summed E-state index contributed by atoms with van der Waals surface area (Å²) >= 11 is 0. The third-order valence-electron chi connectivity index (χ3n) is 2.82. The van der Waals surface area contributed by atoms with Gasteiger partial charge in [-0.05, 0) is 31.9 Å². The number of phenols is 1. The molecule has 2 N–H and O–H groups in total. The van der Waals surface area contributed by atoms with Crippen molar-refractivity contribution in [1.82, 2.24) is 5.48 Å². The van der Waals surface area contributed by atoms with E-state index in [4.69, 9.17) is 9.57 Å². The van der Waals surface area contributed by atoms with Crippen LogP contribution in [0, 0.1) is 6.92 Å². The van der Waals surface area contributed by atoms with Crippen LogP contribution in [0.15, 0.2) is 18.2 Å². The minimum atomic E-state index is -0.467. The topological polar surface area (TPSA) is 67.8 Å². The van der Waals surface area contributed by atoms with Gasteiger partial charge in [0.15, 0.2) is 6.29 Å². The number of hydroxylamine groups is 1. The van der Waals surface area contributed by atoms with Crippen molar-refractivity contribution in [3.05, 3.63) is 29.3 Å². The molecule has 0 radical (unpaired) electrons. The number of benzene rings is 1. The highest BCUT2D eigenvalue weighted by Gasteiger charge is 2.17. The maximum absolute atomic E-state index is 11.8. The fourth-order valence-electron chi connectivity index (χ4n) is 1.81. The van der Waals surface area contributed by atoms with Gasteiger partial charge in [-0.3, -0.25) is 4.79 Å². The first kappa shape index (κ1) is 12.9. The minimum absolute atomic E-state index is 0.0636. The van der Waals surface area contributed by atoms with Gasteiger partial charge in [0.1, 0.15) is 5.75 Å². The predicted molar refractivity (Wildman–Crippen MR) is 65.0 cm³/mol. The first-order chi connectivity index (χ1) is 8.66. The van der Waals surface area contributed by atoms with Gasteiger partial charge in [-0.1, -0.05) is 11.6 Å². The molecule has 18 heavy (non-hydrogen) atoms. The summed E-state index contributed by atoms with van der Waals surface area (Å²) in [5, 5.41) is 9.59. The quantitative estimate of drug-likeness (QED) is 0.805. The third kappa shape index (κ3) is 3.21. The highest BCUT2D eigenvalue weighted by atomic mass is 16.8. The summed E-state index contributed by atoms with van der Waals surface area (Å²) in [5.74, 6) is -0.531. The lowest BCUT2D eigenvalue weighted by molar-refractivity contribution is -0.186. The van der Waals surface area contributed by atoms with Gasteiger partial charge >= 0.3 is 0 Å². The molecule has 1 amide bonds. The van der Waals surface area contributed by atoms with Crippen LogP contribution < -0.4 is 5.48 Å². The van der Waals surface area contributed by atoms with Crippen LogP contribution in [0.3, 0.4) is 0 Å². The molecule has 5 nitrogen and oxygen atoms in total. The molecule has 98 valence electrons. The van der Waals surface area contributed by atoms with Crippen molar-refractivity contribution in [1.29, 1.82) is 0 Å². The summed E-state index contributed by atoms with van der Waals surface area (Å²) in [6, 6.07) is 4.83. The van der Waals surface area contributed by atoms with Crippen molar-refractivity contribution < 1.29 is 19.5 Å². The average molecular weight is 251 g/mol. The summed E-state index contributed by atoms with van der Waals surface area (Å²) in [5.41, 5.74) is 3.41. The zero-order chi connectivity index (χ0) is 13.0. The lowest BCUT2D eigenvalue weighted by Crippen LogP contribution is -2.33. The molecule has 0 aromatic heterocycles. The van der Waals surface area contributed by atoms with Gasteiger partial charge in [0, 0.05) is 13.0 Å². The van der Waals surface area contributed by atoms with Crippen LogP contribution in [0.5, 0.6) is 5.75 Å². The van der Waals surface area contributed by atoms with E-state index in [-0.39, 0.29) is 11.3 Å². The second-order valence-electron chi connectivity index (χ2n) is 4.37. The Labute approximate surface area is 106 Å². The molecule has 1 aromatic carbocycles. The lowest BCUT2D eigenvalue weighted by Gasteiger charge is -2.22. The fourth-order valence-corrected chi connectivity index (χ4v) is 1.81. The number of aromatic hydroxyl groups is 1. The van der Waals surface area contributed by atoms with E-state index in [2.05, 4.69) is 5.48 Å². The molecule has 2 rings (SSSR count). The molecular weight excluding hydrogens is 234 g/mol. The number of ether oxygens (including phenoxy) is 1. The van der Waals surface area contributed by atoms with E-state index in [0.717, 1.165) is 24.8 Å². The first-order valence-corrected chi connectivity index (χ1v) is 6.04. The number of carbonyl (C=O) groups is 1. The molecular formula is C13H17NO4. The summed E-state index contributed by atoms with van der Waals surface area (Å²) in [7, 11) is 0. The van der Waals surface area contributed by atoms with Crippen molar-refractivity contribution >= 4 is 5.91 Å². The number of nitrogens with one attached hydrogen (secondary N) is 1. The van der Waals surface area contributed by atoms with Crippen molar-refractivity contribution in [2.45, 2.75) is 32.5 Å². The Kier molecular flexibility index (Phi) is 4.17. The van der Waals surface area contributed by atoms with Crippen molar-refractivity contribution in [2.24, 2.45) is 0 Å². The molecule has 0 unspecified atom stereocenters. The van der Waals surface area contributed by atoms with Crippen molar-refractivity contribution in [3.8, 4) is 5.75 Å². The van der Waals surface area contributed by atoms with Gasteiger partial charge in [0.2, 0.25) is 0 Å². The van der Waals surface area contributed by atoms with Gasteiger partial charge in [-0.15, -0.1) is 0 Å². The van der Waals surface area contributed by atoms with Crippen LogP contribution in [0.4, 0.5) is 0 Å². The maximum atomic E-state index is 11.8. The van der Waals surface area contributed by atoms with E-state index in [1.165, 1.54) is 6.07 Å². The normalized spacial score (nSPS) is 19.5. The van der Waals surface area contributed by atoms with Gasteiger partial charge in [-0.25, -0.2) is 10.3 Å². The third-order valence-corrected chi connectivity index (χ3v) is 2.82. The van der Waals surface area contributed by atoms with Crippen molar-refractivity contribution in [2.75, 3.05) is 6.61 Å². The SMILES string of the molecule is Cc1ccc(O)c(C(=O)NO[C@@H]2CCCCO2)c1. The van der Waals surface area contributed by atoms with Gasteiger partial charge in [0.05, 0.1) is 5.56 Å². The van der Waals surface area contributed by atoms with E-state index >= 15 is 0 Å². The molecule has 1 aliphatic heterocycles. The van der Waals surface area contributed by atoms with Gasteiger partial charge in [0.25, 0.3) is 5.91 Å². The van der Waals surface area contributed by atoms with Crippen LogP contribution in [0.25, 0.3) is 0 Å². The summed E-state index contributed by atoms with van der Waals surface area (Å²) < 4.78 is 5.32. The molecule has 1 fully saturated rings. The Bertz CT molecular complexity index is 427. The molecule has 1 atom stereocenters. The number of hydrogen-bond acceptors (Lipinski definition) is 4. The van der Waals surface area contributed by atoms with E-state index in [9.17, 15) is 9.90 Å². The summed E-state index contributed by atoms with van der Waals surface area (Å²) in [6.07, 6.45) is 2.41. The van der Waals surface area contributed by atoms with Crippen LogP contribution >= 0.6 is 0 Å². The zero-order valence-electron chi connectivity index (χ0n) is 10.3. The average Bonchev–Trinajstić information content (AvgIpc) is 2.40. The number of hydrogen-bond donors (Lipinski definition) is 2. The molecule has 0 aliphatic carbocycles. The Morgan fingerprint density at radius 1 is 1.50 bits per heavy atom. The number of amides is 1. The van der Waals surface area contributed by atoms with Crippen LogP contribution in [-0.2, 0) is 9.57 Å². The van der Waals surface area contributed by atoms with Gasteiger partial charge in [-0.2, -0.15) is 0 Å². The van der Waals surface area contributed by atoms with E-state index in [1.54, 1.807) is 12.1 Å². The standard InChI is InChI=1S/C13H17NO4/c1-9-5-6-11(15)10(8-9)13(16)14-18-12-4-2-3-7-17-12/h5-6,8,12,15H,2-4,7H2,1H3,(H,14,16)/t12-/m1/s1. The van der Waals surface area contributed by atoms with Crippen molar-refractivity contribution in [3.63, 3.8) is 0 Å². The van der Waals surface area contributed by atoms with Crippen LogP contribution in [0.1, 0.15) is 35.2 Å². The van der Waals surface area contributed by atoms with Crippen LogP contribution in [-0.4, -0.2) is 23.9 Å². The Morgan fingerprint density at radius 2 is 2.33 bits per heavy atom. The van der Waals surface area contributed by atoms with Crippen LogP contribution in [0.2, 0.25) is 0 Å². The number of aryl methyl sites for hydroxylation is 1. The Hall–Kier alpha value is -1.59. The van der Waals surface area contributed by atoms with Gasteiger partial charge < -0.3 is 9.84 Å². The second-order valence-corrected chi connectivity index (χ2v) is 4.37. The molecule has 5 heteroatoms. The molecule has 0 bridgehead atoms. The minimum Gasteiger partial charge on any atom is -0.507 e. The van der Waals surface area contributed by atoms with E-state index < -0.39 is 12.2 Å². The zero-order valence-corrected chi connectivity index (χ0v) is 10.3. The fraction of sp³-hybridized carbons (Fsp3) is 0.462. The monoisotopic (exact) mass is 251 g/mol. The Morgan fingerprint density at radius 3 is 3.06 bits per heavy atom. The molecule has 1 aliphatic rings.